The number of alkyl halides is 6. The molecule has 0 fully saturated rings. The molecule has 1 aromatic carbocycles. The number of rotatable bonds is 2. The average Bonchev–Trinajstić information content (AvgIpc) is 3.16. The summed E-state index contributed by atoms with van der Waals surface area (Å²) in [6, 6.07) is 5.37. The molecule has 1 aliphatic heterocycles. The summed E-state index contributed by atoms with van der Waals surface area (Å²) in [7, 11) is 0. The van der Waals surface area contributed by atoms with Crippen molar-refractivity contribution in [1.29, 1.82) is 0 Å². The van der Waals surface area contributed by atoms with Gasteiger partial charge < -0.3 is 0 Å². The Labute approximate surface area is 164 Å². The highest BCUT2D eigenvalue weighted by Crippen LogP contribution is 2.35. The lowest BCUT2D eigenvalue weighted by Crippen LogP contribution is -2.10. The van der Waals surface area contributed by atoms with Crippen LogP contribution in [0.15, 0.2) is 47.6 Å². The summed E-state index contributed by atoms with van der Waals surface area (Å²) in [5, 5.41) is 4.08. The summed E-state index contributed by atoms with van der Waals surface area (Å²) in [5.74, 6) is 0. The van der Waals surface area contributed by atoms with Crippen LogP contribution >= 0.6 is 0 Å². The fraction of sp³-hybridized carbons (Fsp3) is 0.158. The fourth-order valence-electron chi connectivity index (χ4n) is 3.15. The summed E-state index contributed by atoms with van der Waals surface area (Å²) >= 11 is 0. The van der Waals surface area contributed by atoms with Gasteiger partial charge in [0, 0.05) is 17.3 Å². The molecule has 5 nitrogen and oxygen atoms in total. The lowest BCUT2D eigenvalue weighted by molar-refractivity contribution is -0.141. The zero-order valence-electron chi connectivity index (χ0n) is 15.0. The topological polar surface area (TPSA) is 60.1 Å². The maximum Gasteiger partial charge on any atom is 0.433 e. The molecule has 4 rings (SSSR count). The van der Waals surface area contributed by atoms with Crippen LogP contribution in [0.3, 0.4) is 0 Å². The molecule has 0 unspecified atom stereocenters. The van der Waals surface area contributed by atoms with E-state index in [2.05, 4.69) is 15.1 Å². The van der Waals surface area contributed by atoms with Crippen LogP contribution in [0.1, 0.15) is 28.2 Å². The van der Waals surface area contributed by atoms with Crippen molar-refractivity contribution >= 4 is 11.7 Å². The van der Waals surface area contributed by atoms with Crippen molar-refractivity contribution in [3.05, 3.63) is 70.8 Å². The van der Waals surface area contributed by atoms with Crippen LogP contribution in [-0.2, 0) is 12.4 Å². The maximum atomic E-state index is 12.8. The van der Waals surface area contributed by atoms with Gasteiger partial charge in [0.2, 0.25) is 0 Å². The van der Waals surface area contributed by atoms with Gasteiger partial charge in [0.25, 0.3) is 0 Å². The SMILES string of the molecule is Cc1nn2c(c1-c1ccc(C(F)(F)F)cc1)C(c1ccc(C(F)(F)F)nc1)=NC2=O. The van der Waals surface area contributed by atoms with Crippen LogP contribution in [0.25, 0.3) is 11.1 Å². The average molecular weight is 424 g/mol. The number of amides is 1. The zero-order valence-corrected chi connectivity index (χ0v) is 15.0. The van der Waals surface area contributed by atoms with Crippen molar-refractivity contribution in [3.8, 4) is 11.1 Å². The van der Waals surface area contributed by atoms with E-state index in [4.69, 9.17) is 0 Å². The summed E-state index contributed by atoms with van der Waals surface area (Å²) in [6.07, 6.45) is -8.21. The van der Waals surface area contributed by atoms with Crippen molar-refractivity contribution in [2.45, 2.75) is 19.3 Å². The van der Waals surface area contributed by atoms with Crippen molar-refractivity contribution < 1.29 is 31.1 Å². The molecule has 1 amide bonds. The number of benzene rings is 1. The minimum atomic E-state index is -4.63. The first kappa shape index (κ1) is 19.8. The molecule has 1 aliphatic rings. The molecule has 154 valence electrons. The van der Waals surface area contributed by atoms with Gasteiger partial charge in [-0.05, 0) is 36.8 Å². The van der Waals surface area contributed by atoms with Gasteiger partial charge in [0.05, 0.1) is 11.3 Å². The molecule has 0 saturated carbocycles. The molecule has 0 radical (unpaired) electrons. The quantitative estimate of drug-likeness (QED) is 0.537. The van der Waals surface area contributed by atoms with Gasteiger partial charge >= 0.3 is 18.4 Å². The number of fused-ring (bicyclic) bond motifs is 1. The smallest absolute Gasteiger partial charge is 0.251 e. The highest BCUT2D eigenvalue weighted by atomic mass is 19.4. The largest absolute Gasteiger partial charge is 0.433 e. The van der Waals surface area contributed by atoms with Gasteiger partial charge in [0.15, 0.2) is 0 Å². The van der Waals surface area contributed by atoms with Gasteiger partial charge in [-0.3, -0.25) is 4.98 Å². The van der Waals surface area contributed by atoms with E-state index in [0.717, 1.165) is 35.1 Å². The monoisotopic (exact) mass is 424 g/mol. The third kappa shape index (κ3) is 3.25. The molecular weight excluding hydrogens is 414 g/mol. The van der Waals surface area contributed by atoms with E-state index >= 15 is 0 Å². The minimum Gasteiger partial charge on any atom is -0.251 e. The second-order valence-corrected chi connectivity index (χ2v) is 6.47. The van der Waals surface area contributed by atoms with Crippen LogP contribution in [0.4, 0.5) is 31.1 Å². The number of pyridine rings is 1. The fourth-order valence-corrected chi connectivity index (χ4v) is 3.15. The number of carbonyl (C=O) groups is 1. The molecule has 2 aromatic heterocycles. The molecule has 0 N–H and O–H groups in total. The summed E-state index contributed by atoms with van der Waals surface area (Å²) in [5.41, 5.74) is -0.533. The molecule has 3 aromatic rings. The van der Waals surface area contributed by atoms with E-state index in [9.17, 15) is 31.1 Å². The van der Waals surface area contributed by atoms with Gasteiger partial charge in [-0.25, -0.2) is 4.79 Å². The Morgan fingerprint density at radius 1 is 0.867 bits per heavy atom. The third-order valence-electron chi connectivity index (χ3n) is 4.50. The van der Waals surface area contributed by atoms with E-state index in [0.29, 0.717) is 16.8 Å². The van der Waals surface area contributed by atoms with E-state index in [1.807, 2.05) is 0 Å². The van der Waals surface area contributed by atoms with Crippen LogP contribution in [0.2, 0.25) is 0 Å². The van der Waals surface area contributed by atoms with Gasteiger partial charge in [0.1, 0.15) is 17.1 Å². The second-order valence-electron chi connectivity index (χ2n) is 6.47. The predicted octanol–water partition coefficient (Wildman–Crippen LogP) is 5.11. The van der Waals surface area contributed by atoms with Crippen LogP contribution < -0.4 is 0 Å². The highest BCUT2D eigenvalue weighted by Gasteiger charge is 2.35. The first-order valence-corrected chi connectivity index (χ1v) is 8.41. The molecule has 30 heavy (non-hydrogen) atoms. The van der Waals surface area contributed by atoms with Crippen molar-refractivity contribution in [2.24, 2.45) is 4.99 Å². The standard InChI is InChI=1S/C19H10F6N4O/c1-9-14(10-2-5-12(6-3-10)18(20,21)22)16-15(27-17(30)29(16)28-9)11-4-7-13(26-8-11)19(23,24)25/h2-8H,1H3. The first-order valence-electron chi connectivity index (χ1n) is 8.41. The van der Waals surface area contributed by atoms with Crippen molar-refractivity contribution in [1.82, 2.24) is 14.8 Å². The van der Waals surface area contributed by atoms with Gasteiger partial charge in [-0.2, -0.15) is 41.1 Å². The minimum absolute atomic E-state index is 0.0386. The van der Waals surface area contributed by atoms with Crippen LogP contribution in [0, 0.1) is 6.92 Å². The summed E-state index contributed by atoms with van der Waals surface area (Å²) in [6.45, 7) is 1.56. The maximum absolute atomic E-state index is 12.8. The highest BCUT2D eigenvalue weighted by molar-refractivity contribution is 6.23. The summed E-state index contributed by atoms with van der Waals surface area (Å²) in [4.78, 5) is 19.4. The van der Waals surface area contributed by atoms with Gasteiger partial charge in [-0.1, -0.05) is 12.1 Å². The van der Waals surface area contributed by atoms with Crippen molar-refractivity contribution in [2.75, 3.05) is 0 Å². The molecule has 0 bridgehead atoms. The lowest BCUT2D eigenvalue weighted by Gasteiger charge is -2.10. The molecule has 0 atom stereocenters. The number of carbonyl (C=O) groups excluding carboxylic acids is 1. The van der Waals surface area contributed by atoms with E-state index < -0.39 is 29.6 Å². The molecule has 0 saturated heterocycles. The van der Waals surface area contributed by atoms with Crippen molar-refractivity contribution in [3.63, 3.8) is 0 Å². The van der Waals surface area contributed by atoms with Crippen LogP contribution in [0.5, 0.6) is 0 Å². The van der Waals surface area contributed by atoms with Gasteiger partial charge in [-0.15, -0.1) is 0 Å². The predicted molar refractivity (Wildman–Crippen MR) is 93.1 cm³/mol. The van der Waals surface area contributed by atoms with E-state index in [1.165, 1.54) is 12.1 Å². The third-order valence-corrected chi connectivity index (χ3v) is 4.50. The Bertz CT molecular complexity index is 1170. The van der Waals surface area contributed by atoms with E-state index in [1.54, 1.807) is 6.92 Å². The molecular formula is C19H10F6N4O. The number of hydrogen-bond donors (Lipinski definition) is 0. The Hall–Kier alpha value is -3.50. The Morgan fingerprint density at radius 2 is 1.50 bits per heavy atom. The van der Waals surface area contributed by atoms with Crippen LogP contribution in [-0.4, -0.2) is 26.5 Å². The number of halogens is 6. The summed E-state index contributed by atoms with van der Waals surface area (Å²) < 4.78 is 77.8. The number of nitrogens with zero attached hydrogens (tertiary/aromatic N) is 4. The van der Waals surface area contributed by atoms with E-state index in [-0.39, 0.29) is 17.0 Å². The Balaban J connectivity index is 1.81. The molecule has 0 spiro atoms. The first-order chi connectivity index (χ1) is 14.0. The number of aliphatic imine (C=N–C) groups is 1. The Morgan fingerprint density at radius 3 is 2.03 bits per heavy atom. The number of aromatic nitrogens is 3. The number of hydrogen-bond acceptors (Lipinski definition) is 3. The second kappa shape index (κ2) is 6.51. The molecule has 0 aliphatic carbocycles. The Kier molecular flexibility index (Phi) is 4.29. The lowest BCUT2D eigenvalue weighted by atomic mass is 9.97. The molecule has 3 heterocycles. The molecule has 11 heteroatoms. The zero-order chi connectivity index (χ0) is 21.8. The normalized spacial score (nSPS) is 14.1. The number of aryl methyl sites for hydroxylation is 1.